The summed E-state index contributed by atoms with van der Waals surface area (Å²) in [7, 11) is -2.88. The second-order valence-electron chi connectivity index (χ2n) is 4.42. The number of hydrogen-bond donors (Lipinski definition) is 0. The molecule has 10 heteroatoms. The Morgan fingerprint density at radius 1 is 1.00 bits per heavy atom. The largest absolute Gasteiger partial charge is 0.627 e. The highest BCUT2D eigenvalue weighted by atomic mass is 28.4. The summed E-state index contributed by atoms with van der Waals surface area (Å²) in [6, 6.07) is 0.984. The van der Waals surface area contributed by atoms with Crippen molar-refractivity contribution in [3.8, 4) is 5.75 Å². The summed E-state index contributed by atoms with van der Waals surface area (Å²) in [5, 5.41) is 0. The molecule has 1 aromatic carbocycles. The zero-order chi connectivity index (χ0) is 17.1. The molecule has 0 atom stereocenters. The molecule has 0 aromatic heterocycles. The molecular weight excluding hydrogens is 331 g/mol. The van der Waals surface area contributed by atoms with Gasteiger partial charge in [-0.1, -0.05) is 0 Å². The van der Waals surface area contributed by atoms with Gasteiger partial charge in [-0.15, -0.1) is 0 Å². The molecule has 0 saturated heterocycles. The van der Waals surface area contributed by atoms with E-state index in [1.165, 1.54) is 13.8 Å². The van der Waals surface area contributed by atoms with Gasteiger partial charge >= 0.3 is 14.5 Å². The second-order valence-corrected chi connectivity index (χ2v) is 7.17. The summed E-state index contributed by atoms with van der Waals surface area (Å²) < 4.78 is 86.4. The summed E-state index contributed by atoms with van der Waals surface area (Å²) in [5.41, 5.74) is -4.23. The molecular formula is C12H15F5O4Si. The van der Waals surface area contributed by atoms with Crippen LogP contribution < -0.4 is 4.74 Å². The summed E-state index contributed by atoms with van der Waals surface area (Å²) in [6.45, 7) is 2.90. The monoisotopic (exact) mass is 346 g/mol. The minimum Gasteiger partial charge on any atom is -0.427 e. The van der Waals surface area contributed by atoms with E-state index in [0.29, 0.717) is 12.1 Å². The third-order valence-corrected chi connectivity index (χ3v) is 5.19. The van der Waals surface area contributed by atoms with E-state index in [9.17, 15) is 22.0 Å². The third kappa shape index (κ3) is 3.56. The lowest BCUT2D eigenvalue weighted by molar-refractivity contribution is -0.170. The second kappa shape index (κ2) is 6.90. The minimum atomic E-state index is -4.71. The van der Waals surface area contributed by atoms with Crippen molar-refractivity contribution in [2.45, 2.75) is 25.7 Å². The maximum absolute atomic E-state index is 14.3. The van der Waals surface area contributed by atoms with Crippen molar-refractivity contribution < 1.29 is 40.0 Å². The van der Waals surface area contributed by atoms with Gasteiger partial charge in [0.1, 0.15) is 0 Å². The van der Waals surface area contributed by atoms with Gasteiger partial charge in [0.2, 0.25) is 5.82 Å². The van der Waals surface area contributed by atoms with Gasteiger partial charge in [-0.25, -0.2) is 8.78 Å². The highest BCUT2D eigenvalue weighted by Gasteiger charge is 2.68. The van der Waals surface area contributed by atoms with Crippen LogP contribution in [0.4, 0.5) is 22.0 Å². The fourth-order valence-electron chi connectivity index (χ4n) is 1.58. The molecule has 0 heterocycles. The van der Waals surface area contributed by atoms with Crippen molar-refractivity contribution in [3.05, 3.63) is 29.6 Å². The Labute approximate surface area is 125 Å². The van der Waals surface area contributed by atoms with E-state index in [1.807, 2.05) is 0 Å². The van der Waals surface area contributed by atoms with E-state index in [4.69, 9.17) is 4.43 Å². The lowest BCUT2D eigenvalue weighted by Gasteiger charge is -2.33. The van der Waals surface area contributed by atoms with Crippen molar-refractivity contribution in [2.75, 3.05) is 14.2 Å². The van der Waals surface area contributed by atoms with Gasteiger partial charge in [-0.2, -0.15) is 13.2 Å². The van der Waals surface area contributed by atoms with Crippen LogP contribution in [0.2, 0.25) is 0 Å². The molecule has 0 unspecified atom stereocenters. The molecule has 0 fully saturated rings. The number of ether oxygens (including phenoxy) is 1. The van der Waals surface area contributed by atoms with Crippen molar-refractivity contribution in [3.63, 3.8) is 0 Å². The summed E-state index contributed by atoms with van der Waals surface area (Å²) >= 11 is 0. The standard InChI is InChI=1S/C12H15F5O4Si/c1-7(2)21-22(18-3,19-4)12(16,17)20-9-6-5-8(13)10(14)11(9)15/h5-7H,1-4H3. The number of alkyl halides is 2. The Bertz CT molecular complexity index is 522. The van der Waals surface area contributed by atoms with Crippen LogP contribution >= 0.6 is 0 Å². The number of hydrogen-bond acceptors (Lipinski definition) is 4. The van der Waals surface area contributed by atoms with Gasteiger partial charge in [0.05, 0.1) is 0 Å². The molecule has 22 heavy (non-hydrogen) atoms. The Balaban J connectivity index is 3.19. The fraction of sp³-hybridized carbons (Fsp3) is 0.500. The highest BCUT2D eigenvalue weighted by molar-refractivity contribution is 6.63. The van der Waals surface area contributed by atoms with Gasteiger partial charge in [0, 0.05) is 20.3 Å². The average Bonchev–Trinajstić information content (AvgIpc) is 2.45. The van der Waals surface area contributed by atoms with Crippen LogP contribution in [-0.4, -0.2) is 34.9 Å². The maximum Gasteiger partial charge on any atom is 0.627 e. The lowest BCUT2D eigenvalue weighted by Crippen LogP contribution is -2.63. The van der Waals surface area contributed by atoms with Crippen LogP contribution in [0.5, 0.6) is 5.75 Å². The van der Waals surface area contributed by atoms with Gasteiger partial charge < -0.3 is 18.0 Å². The summed E-state index contributed by atoms with van der Waals surface area (Å²) in [4.78, 5) is 0. The molecule has 0 aliphatic carbocycles. The van der Waals surface area contributed by atoms with Gasteiger partial charge in [0.15, 0.2) is 17.4 Å². The number of halogens is 5. The van der Waals surface area contributed by atoms with E-state index in [-0.39, 0.29) is 0 Å². The van der Waals surface area contributed by atoms with E-state index in [2.05, 4.69) is 13.6 Å². The average molecular weight is 346 g/mol. The van der Waals surface area contributed by atoms with Crippen LogP contribution in [0, 0.1) is 17.5 Å². The van der Waals surface area contributed by atoms with Gasteiger partial charge in [-0.3, -0.25) is 0 Å². The molecule has 126 valence electrons. The Morgan fingerprint density at radius 2 is 1.55 bits per heavy atom. The first-order valence-electron chi connectivity index (χ1n) is 6.08. The van der Waals surface area contributed by atoms with Crippen LogP contribution in [0.1, 0.15) is 13.8 Å². The third-order valence-electron chi connectivity index (χ3n) is 2.52. The van der Waals surface area contributed by atoms with Gasteiger partial charge in [0.25, 0.3) is 0 Å². The Kier molecular flexibility index (Phi) is 5.90. The molecule has 0 aliphatic heterocycles. The van der Waals surface area contributed by atoms with Crippen molar-refractivity contribution >= 4 is 8.80 Å². The van der Waals surface area contributed by atoms with E-state index >= 15 is 0 Å². The fourth-order valence-corrected chi connectivity index (χ4v) is 3.41. The first kappa shape index (κ1) is 18.8. The van der Waals surface area contributed by atoms with E-state index in [1.54, 1.807) is 0 Å². The zero-order valence-electron chi connectivity index (χ0n) is 12.3. The van der Waals surface area contributed by atoms with Crippen molar-refractivity contribution in [1.29, 1.82) is 0 Å². The Hall–Kier alpha value is -1.23. The molecule has 0 radical (unpaired) electrons. The predicted molar refractivity (Wildman–Crippen MR) is 67.9 cm³/mol. The van der Waals surface area contributed by atoms with E-state index < -0.39 is 43.8 Å². The molecule has 0 aliphatic rings. The first-order valence-corrected chi connectivity index (χ1v) is 7.81. The molecule has 1 aromatic rings. The van der Waals surface area contributed by atoms with Crippen LogP contribution in [0.15, 0.2) is 12.1 Å². The molecule has 0 amide bonds. The quantitative estimate of drug-likeness (QED) is 0.431. The lowest BCUT2D eigenvalue weighted by atomic mass is 10.3. The SMILES string of the molecule is CO[Si](OC)(OC(C)C)C(F)(F)Oc1ccc(F)c(F)c1F. The molecule has 1 rings (SSSR count). The normalized spacial score (nSPS) is 12.8. The maximum atomic E-state index is 14.3. The van der Waals surface area contributed by atoms with Crippen LogP contribution in [-0.2, 0) is 13.3 Å². The highest BCUT2D eigenvalue weighted by Crippen LogP contribution is 2.35. The zero-order valence-corrected chi connectivity index (χ0v) is 13.3. The molecule has 0 N–H and O–H groups in total. The number of benzene rings is 1. The van der Waals surface area contributed by atoms with Crippen molar-refractivity contribution in [1.82, 2.24) is 0 Å². The summed E-state index contributed by atoms with van der Waals surface area (Å²) in [5.74, 6) is -6.55. The number of rotatable bonds is 7. The molecule has 4 nitrogen and oxygen atoms in total. The van der Waals surface area contributed by atoms with Crippen molar-refractivity contribution in [2.24, 2.45) is 0 Å². The predicted octanol–water partition coefficient (Wildman–Crippen LogP) is 3.27. The topological polar surface area (TPSA) is 36.9 Å². The van der Waals surface area contributed by atoms with E-state index in [0.717, 1.165) is 14.2 Å². The minimum absolute atomic E-state index is 0.454. The molecule has 0 bridgehead atoms. The van der Waals surface area contributed by atoms with Gasteiger partial charge in [-0.05, 0) is 26.0 Å². The summed E-state index contributed by atoms with van der Waals surface area (Å²) in [6.07, 6.45) is -0.712. The van der Waals surface area contributed by atoms with Crippen LogP contribution in [0.3, 0.4) is 0 Å². The smallest absolute Gasteiger partial charge is 0.427 e. The van der Waals surface area contributed by atoms with Crippen LogP contribution in [0.25, 0.3) is 0 Å². The first-order chi connectivity index (χ1) is 10.1. The molecule has 0 saturated carbocycles. The molecule has 0 spiro atoms. The Morgan fingerprint density at radius 3 is 2.00 bits per heavy atom.